The second-order valence-electron chi connectivity index (χ2n) is 4.59. The third-order valence-corrected chi connectivity index (χ3v) is 3.21. The quantitative estimate of drug-likeness (QED) is 0.787. The van der Waals surface area contributed by atoms with Crippen molar-refractivity contribution < 1.29 is 0 Å². The van der Waals surface area contributed by atoms with E-state index >= 15 is 0 Å². The average Bonchev–Trinajstić information content (AvgIpc) is 3.05. The second-order valence-corrected chi connectivity index (χ2v) is 4.59. The van der Waals surface area contributed by atoms with Crippen LogP contribution in [-0.4, -0.2) is 15.0 Å². The molecule has 4 heteroatoms. The van der Waals surface area contributed by atoms with Crippen LogP contribution in [0.1, 0.15) is 43.7 Å². The predicted molar refractivity (Wildman–Crippen MR) is 53.8 cm³/mol. The van der Waals surface area contributed by atoms with Crippen LogP contribution in [0.5, 0.6) is 0 Å². The summed E-state index contributed by atoms with van der Waals surface area (Å²) in [5.41, 5.74) is 7.01. The molecule has 0 amide bonds. The van der Waals surface area contributed by atoms with Crippen LogP contribution in [0.15, 0.2) is 0 Å². The van der Waals surface area contributed by atoms with Crippen molar-refractivity contribution in [2.45, 2.75) is 44.6 Å². The zero-order valence-corrected chi connectivity index (χ0v) is 8.32. The van der Waals surface area contributed by atoms with E-state index in [0.29, 0.717) is 11.7 Å². The van der Waals surface area contributed by atoms with Gasteiger partial charge >= 0.3 is 0 Å². The van der Waals surface area contributed by atoms with Crippen molar-refractivity contribution in [2.75, 3.05) is 5.73 Å². The fourth-order valence-electron chi connectivity index (χ4n) is 1.99. The Morgan fingerprint density at radius 2 is 2.07 bits per heavy atom. The maximum atomic E-state index is 5.81. The van der Waals surface area contributed by atoms with Gasteiger partial charge in [-0.05, 0) is 25.2 Å². The zero-order valence-electron chi connectivity index (χ0n) is 8.32. The molecule has 0 unspecified atom stereocenters. The van der Waals surface area contributed by atoms with Gasteiger partial charge in [0, 0.05) is 12.5 Å². The molecule has 1 aromatic rings. The Morgan fingerprint density at radius 3 is 2.71 bits per heavy atom. The van der Waals surface area contributed by atoms with Gasteiger partial charge in [-0.1, -0.05) is 18.1 Å². The highest BCUT2D eigenvalue weighted by Crippen LogP contribution is 2.42. The van der Waals surface area contributed by atoms with Crippen molar-refractivity contribution in [1.82, 2.24) is 15.0 Å². The predicted octanol–water partition coefficient (Wildman–Crippen LogP) is 1.54. The van der Waals surface area contributed by atoms with E-state index in [1.807, 2.05) is 4.68 Å². The molecule has 2 fully saturated rings. The van der Waals surface area contributed by atoms with E-state index in [1.165, 1.54) is 37.8 Å². The number of nitrogens with two attached hydrogens (primary N) is 1. The normalized spacial score (nSPS) is 21.4. The van der Waals surface area contributed by atoms with Crippen molar-refractivity contribution in [3.63, 3.8) is 0 Å². The molecule has 2 aliphatic carbocycles. The lowest BCUT2D eigenvalue weighted by Gasteiger charge is -2.04. The molecule has 2 N–H and O–H groups in total. The summed E-state index contributed by atoms with van der Waals surface area (Å²) in [5, 5.41) is 8.09. The molecule has 14 heavy (non-hydrogen) atoms. The lowest BCUT2D eigenvalue weighted by molar-refractivity contribution is 0.514. The molecule has 76 valence electrons. The van der Waals surface area contributed by atoms with Gasteiger partial charge in [0.05, 0.1) is 5.69 Å². The fourth-order valence-corrected chi connectivity index (χ4v) is 1.99. The van der Waals surface area contributed by atoms with E-state index in [9.17, 15) is 0 Å². The van der Waals surface area contributed by atoms with E-state index < -0.39 is 0 Å². The number of aromatic nitrogens is 3. The number of hydrogen-bond donors (Lipinski definition) is 1. The SMILES string of the molecule is Nc1nnn(CCC2CC2)c1C1CC1. The molecule has 0 spiro atoms. The van der Waals surface area contributed by atoms with Crippen LogP contribution >= 0.6 is 0 Å². The first kappa shape index (κ1) is 8.26. The third-order valence-electron chi connectivity index (χ3n) is 3.21. The van der Waals surface area contributed by atoms with Gasteiger partial charge in [-0.25, -0.2) is 4.68 Å². The van der Waals surface area contributed by atoms with Crippen LogP contribution in [0.3, 0.4) is 0 Å². The van der Waals surface area contributed by atoms with Gasteiger partial charge in [0.15, 0.2) is 5.82 Å². The number of hydrogen-bond acceptors (Lipinski definition) is 3. The van der Waals surface area contributed by atoms with Crippen molar-refractivity contribution in [1.29, 1.82) is 0 Å². The van der Waals surface area contributed by atoms with E-state index in [2.05, 4.69) is 10.3 Å². The minimum Gasteiger partial charge on any atom is -0.381 e. The van der Waals surface area contributed by atoms with Gasteiger partial charge in [0.25, 0.3) is 0 Å². The number of nitrogen functional groups attached to an aromatic ring is 1. The van der Waals surface area contributed by atoms with Crippen LogP contribution in [0.4, 0.5) is 5.82 Å². The first-order chi connectivity index (χ1) is 6.84. The van der Waals surface area contributed by atoms with Gasteiger partial charge in [0.2, 0.25) is 0 Å². The second kappa shape index (κ2) is 2.97. The van der Waals surface area contributed by atoms with E-state index in [0.717, 1.165) is 12.5 Å². The Kier molecular flexibility index (Phi) is 1.75. The van der Waals surface area contributed by atoms with Gasteiger partial charge in [-0.3, -0.25) is 0 Å². The summed E-state index contributed by atoms with van der Waals surface area (Å²) in [5.74, 6) is 2.26. The number of aryl methyl sites for hydroxylation is 1. The van der Waals surface area contributed by atoms with Gasteiger partial charge in [-0.15, -0.1) is 5.10 Å². The molecule has 0 aliphatic heterocycles. The average molecular weight is 192 g/mol. The van der Waals surface area contributed by atoms with Crippen LogP contribution in [0, 0.1) is 5.92 Å². The molecule has 4 nitrogen and oxygen atoms in total. The highest BCUT2D eigenvalue weighted by atomic mass is 15.4. The first-order valence-electron chi connectivity index (χ1n) is 5.53. The van der Waals surface area contributed by atoms with E-state index in [1.54, 1.807) is 0 Å². The fraction of sp³-hybridized carbons (Fsp3) is 0.800. The topological polar surface area (TPSA) is 56.7 Å². The minimum absolute atomic E-state index is 0.656. The smallest absolute Gasteiger partial charge is 0.169 e. The lowest BCUT2D eigenvalue weighted by Crippen LogP contribution is -2.06. The molecule has 0 aromatic carbocycles. The summed E-state index contributed by atoms with van der Waals surface area (Å²) in [4.78, 5) is 0. The first-order valence-corrected chi connectivity index (χ1v) is 5.53. The summed E-state index contributed by atoms with van der Waals surface area (Å²) < 4.78 is 2.03. The van der Waals surface area contributed by atoms with Gasteiger partial charge in [-0.2, -0.15) is 0 Å². The third kappa shape index (κ3) is 1.49. The zero-order chi connectivity index (χ0) is 9.54. The molecule has 1 heterocycles. The Morgan fingerprint density at radius 1 is 1.29 bits per heavy atom. The Bertz CT molecular complexity index is 336. The maximum absolute atomic E-state index is 5.81. The standard InChI is InChI=1S/C10H16N4/c11-10-9(8-3-4-8)14(13-12-10)6-5-7-1-2-7/h7-8H,1-6,11H2. The van der Waals surface area contributed by atoms with Gasteiger partial charge < -0.3 is 5.73 Å². The summed E-state index contributed by atoms with van der Waals surface area (Å²) in [7, 11) is 0. The molecular formula is C10H16N4. The summed E-state index contributed by atoms with van der Waals surface area (Å²) in [6, 6.07) is 0. The molecule has 0 radical (unpaired) electrons. The highest BCUT2D eigenvalue weighted by molar-refractivity contribution is 5.38. The molecule has 1 aromatic heterocycles. The van der Waals surface area contributed by atoms with Crippen LogP contribution in [-0.2, 0) is 6.54 Å². The van der Waals surface area contributed by atoms with E-state index in [4.69, 9.17) is 5.73 Å². The Labute approximate surface area is 83.5 Å². The van der Waals surface area contributed by atoms with Crippen LogP contribution in [0.2, 0.25) is 0 Å². The highest BCUT2D eigenvalue weighted by Gasteiger charge is 2.31. The van der Waals surface area contributed by atoms with Gasteiger partial charge in [0.1, 0.15) is 0 Å². The molecule has 0 bridgehead atoms. The summed E-state index contributed by atoms with van der Waals surface area (Å²) in [6.45, 7) is 1.01. The van der Waals surface area contributed by atoms with Crippen molar-refractivity contribution in [3.8, 4) is 0 Å². The number of rotatable bonds is 4. The van der Waals surface area contributed by atoms with E-state index in [-0.39, 0.29) is 0 Å². The Balaban J connectivity index is 1.74. The van der Waals surface area contributed by atoms with Crippen molar-refractivity contribution >= 4 is 5.82 Å². The van der Waals surface area contributed by atoms with Crippen LogP contribution < -0.4 is 5.73 Å². The molecule has 0 saturated heterocycles. The van der Waals surface area contributed by atoms with Crippen molar-refractivity contribution in [2.24, 2.45) is 5.92 Å². The monoisotopic (exact) mass is 192 g/mol. The molecule has 2 aliphatic rings. The molecule has 3 rings (SSSR count). The summed E-state index contributed by atoms with van der Waals surface area (Å²) >= 11 is 0. The number of nitrogens with zero attached hydrogens (tertiary/aromatic N) is 3. The largest absolute Gasteiger partial charge is 0.381 e. The molecule has 0 atom stereocenters. The lowest BCUT2D eigenvalue weighted by atomic mass is 10.2. The summed E-state index contributed by atoms with van der Waals surface area (Å²) in [6.07, 6.45) is 6.59. The molecular weight excluding hydrogens is 176 g/mol. The van der Waals surface area contributed by atoms with Crippen molar-refractivity contribution in [3.05, 3.63) is 5.69 Å². The Hall–Kier alpha value is -1.06. The maximum Gasteiger partial charge on any atom is 0.169 e. The minimum atomic E-state index is 0.656. The number of anilines is 1. The molecule has 2 saturated carbocycles. The van der Waals surface area contributed by atoms with Crippen LogP contribution in [0.25, 0.3) is 0 Å².